The van der Waals surface area contributed by atoms with Crippen molar-refractivity contribution >= 4 is 11.2 Å². The van der Waals surface area contributed by atoms with Crippen molar-refractivity contribution < 1.29 is 17.1 Å². The van der Waals surface area contributed by atoms with Crippen molar-refractivity contribution in [3.05, 3.63) is 0 Å². The van der Waals surface area contributed by atoms with Crippen LogP contribution < -0.4 is 0 Å². The molecule has 0 heterocycles. The maximum absolute atomic E-state index is 9.43. The van der Waals surface area contributed by atoms with Gasteiger partial charge < -0.3 is 0 Å². The van der Waals surface area contributed by atoms with Crippen molar-refractivity contribution in [1.82, 2.24) is 0 Å². The van der Waals surface area contributed by atoms with E-state index in [2.05, 4.69) is 0 Å². The lowest BCUT2D eigenvalue weighted by atomic mass is 10.9. The second-order valence-corrected chi connectivity index (χ2v) is 3.21. The number of rotatable bonds is 6. The van der Waals surface area contributed by atoms with Gasteiger partial charge in [0.25, 0.3) is 0 Å². The lowest BCUT2D eigenvalue weighted by Gasteiger charge is -2.29. The number of hydrogen-bond donors (Lipinski definition) is 1. The van der Waals surface area contributed by atoms with Gasteiger partial charge in [-0.25, -0.2) is 0 Å². The second-order valence-electron chi connectivity index (χ2n) is 1.65. The molecule has 1 N–H and O–H groups in total. The first kappa shape index (κ1) is 11.2. The maximum atomic E-state index is 9.43. The summed E-state index contributed by atoms with van der Waals surface area (Å²) in [7, 11) is 0. The Kier molecular flexibility index (Phi) is 5.89. The third-order valence-electron chi connectivity index (χ3n) is 0.800. The normalized spacial score (nSPS) is 13.5. The Morgan fingerprint density at radius 3 is 1.36 bits per heavy atom. The van der Waals surface area contributed by atoms with Crippen molar-refractivity contribution in [2.75, 3.05) is 19.8 Å². The van der Waals surface area contributed by atoms with Crippen molar-refractivity contribution in [3.8, 4) is 0 Å². The summed E-state index contributed by atoms with van der Waals surface area (Å²) < 4.78 is 24.1. The third kappa shape index (κ3) is 4.60. The van der Waals surface area contributed by atoms with E-state index >= 15 is 0 Å². The summed E-state index contributed by atoms with van der Waals surface area (Å²) in [5.74, 6) is 0. The van der Waals surface area contributed by atoms with Crippen LogP contribution in [0.4, 0.5) is 0 Å². The van der Waals surface area contributed by atoms with Crippen LogP contribution >= 0.6 is 11.2 Å². The molecule has 0 saturated carbocycles. The fourth-order valence-electron chi connectivity index (χ4n) is 0.549. The van der Waals surface area contributed by atoms with Gasteiger partial charge >= 0.3 is 0 Å². The summed E-state index contributed by atoms with van der Waals surface area (Å²) in [5.41, 5.74) is 0. The Morgan fingerprint density at radius 2 is 1.18 bits per heavy atom. The minimum absolute atomic E-state index is 0.381. The molecule has 0 bridgehead atoms. The van der Waals surface area contributed by atoms with Gasteiger partial charge in [-0.2, -0.15) is 0 Å². The number of hydrogen-bond acceptors (Lipinski definition) is 4. The molecule has 0 aromatic heterocycles. The Balaban J connectivity index is 3.79. The van der Waals surface area contributed by atoms with Crippen LogP contribution in [0.1, 0.15) is 20.8 Å². The molecule has 0 aliphatic heterocycles. The molecule has 0 aliphatic rings. The molecule has 4 nitrogen and oxygen atoms in total. The van der Waals surface area contributed by atoms with E-state index in [-0.39, 0.29) is 0 Å². The van der Waals surface area contributed by atoms with Gasteiger partial charge in [-0.3, -0.25) is 17.1 Å². The second kappa shape index (κ2) is 5.79. The zero-order chi connectivity index (χ0) is 8.74. The summed E-state index contributed by atoms with van der Waals surface area (Å²) in [5, 5.41) is 0. The summed E-state index contributed by atoms with van der Waals surface area (Å²) in [6.07, 6.45) is 0. The van der Waals surface area contributed by atoms with Crippen LogP contribution in [0.5, 0.6) is 0 Å². The average Bonchev–Trinajstić information content (AvgIpc) is 1.88. The molecule has 5 heteroatoms. The van der Waals surface area contributed by atoms with E-state index in [9.17, 15) is 4.55 Å². The van der Waals surface area contributed by atoms with Crippen LogP contribution in [0.15, 0.2) is 0 Å². The van der Waals surface area contributed by atoms with Gasteiger partial charge in [-0.15, -0.1) is 0 Å². The smallest absolute Gasteiger partial charge is 0.221 e. The molecule has 0 saturated heterocycles. The first-order valence-electron chi connectivity index (χ1n) is 3.67. The van der Waals surface area contributed by atoms with Crippen molar-refractivity contribution in [3.63, 3.8) is 0 Å². The molecule has 0 radical (unpaired) electrons. The molecule has 0 rings (SSSR count). The Hall–Kier alpha value is 0.190. The highest BCUT2D eigenvalue weighted by molar-refractivity contribution is 8.16. The van der Waals surface area contributed by atoms with E-state index in [0.717, 1.165) is 0 Å². The van der Waals surface area contributed by atoms with Gasteiger partial charge in [-0.05, 0) is 20.8 Å². The first-order valence-corrected chi connectivity index (χ1v) is 5.04. The zero-order valence-corrected chi connectivity index (χ0v) is 8.02. The van der Waals surface area contributed by atoms with Crippen LogP contribution in [-0.4, -0.2) is 24.4 Å². The molecular weight excluding hydrogens is 168 g/mol. The van der Waals surface area contributed by atoms with Crippen molar-refractivity contribution in [1.29, 1.82) is 0 Å². The molecule has 0 aromatic carbocycles. The highest BCUT2D eigenvalue weighted by Gasteiger charge is 2.21. The van der Waals surface area contributed by atoms with E-state index in [0.29, 0.717) is 19.8 Å². The SMILES string of the molecule is CCOS(O)(OCC)OCC. The molecule has 0 unspecified atom stereocenters. The fourth-order valence-corrected chi connectivity index (χ4v) is 1.65. The van der Waals surface area contributed by atoms with Crippen LogP contribution in [0.25, 0.3) is 0 Å². The monoisotopic (exact) mass is 184 g/mol. The summed E-state index contributed by atoms with van der Waals surface area (Å²) in [6, 6.07) is 0. The molecule has 0 atom stereocenters. The average molecular weight is 184 g/mol. The molecular formula is C6H16O4S. The van der Waals surface area contributed by atoms with E-state index in [1.807, 2.05) is 0 Å². The molecule has 0 aliphatic carbocycles. The largest absolute Gasteiger partial charge is 0.287 e. The molecule has 0 amide bonds. The van der Waals surface area contributed by atoms with Gasteiger partial charge in [0.15, 0.2) is 0 Å². The minimum atomic E-state index is -2.69. The highest BCUT2D eigenvalue weighted by atomic mass is 32.3. The molecule has 0 fully saturated rings. The van der Waals surface area contributed by atoms with Crippen LogP contribution in [0.2, 0.25) is 0 Å². The van der Waals surface area contributed by atoms with Crippen molar-refractivity contribution in [2.24, 2.45) is 0 Å². The maximum Gasteiger partial charge on any atom is 0.221 e. The molecule has 0 aromatic rings. The third-order valence-corrected chi connectivity index (χ3v) is 2.40. The summed E-state index contributed by atoms with van der Waals surface area (Å²) in [4.78, 5) is 0. The zero-order valence-electron chi connectivity index (χ0n) is 7.20. The predicted octanol–water partition coefficient (Wildman–Crippen LogP) is 2.12. The van der Waals surface area contributed by atoms with Gasteiger partial charge in [0.1, 0.15) is 0 Å². The Labute approximate surface area is 69.6 Å². The lowest BCUT2D eigenvalue weighted by Crippen LogP contribution is -2.11. The summed E-state index contributed by atoms with van der Waals surface area (Å²) >= 11 is -2.69. The van der Waals surface area contributed by atoms with E-state index in [4.69, 9.17) is 12.5 Å². The Bertz CT molecular complexity index is 81.6. The Morgan fingerprint density at radius 1 is 0.909 bits per heavy atom. The first-order chi connectivity index (χ1) is 5.18. The molecule has 70 valence electrons. The quantitative estimate of drug-likeness (QED) is 0.687. The molecule has 11 heavy (non-hydrogen) atoms. The van der Waals surface area contributed by atoms with Crippen LogP contribution in [0, 0.1) is 0 Å². The predicted molar refractivity (Wildman–Crippen MR) is 45.1 cm³/mol. The van der Waals surface area contributed by atoms with E-state index in [1.165, 1.54) is 0 Å². The summed E-state index contributed by atoms with van der Waals surface area (Å²) in [6.45, 7) is 6.46. The standard InChI is InChI=1S/C6H16O4S/c1-4-8-11(7,9-5-2)10-6-3/h7H,4-6H2,1-3H3. The highest BCUT2D eigenvalue weighted by Crippen LogP contribution is 2.46. The van der Waals surface area contributed by atoms with E-state index in [1.54, 1.807) is 20.8 Å². The van der Waals surface area contributed by atoms with Crippen LogP contribution in [-0.2, 0) is 12.5 Å². The van der Waals surface area contributed by atoms with Gasteiger partial charge in [0.05, 0.1) is 19.8 Å². The molecule has 0 spiro atoms. The van der Waals surface area contributed by atoms with E-state index < -0.39 is 11.2 Å². The minimum Gasteiger partial charge on any atom is -0.287 e. The van der Waals surface area contributed by atoms with Gasteiger partial charge in [-0.1, -0.05) is 0 Å². The van der Waals surface area contributed by atoms with Gasteiger partial charge in [0.2, 0.25) is 11.2 Å². The topological polar surface area (TPSA) is 47.9 Å². The lowest BCUT2D eigenvalue weighted by molar-refractivity contribution is 0.133. The fraction of sp³-hybridized carbons (Fsp3) is 1.00. The van der Waals surface area contributed by atoms with Gasteiger partial charge in [0, 0.05) is 0 Å². The van der Waals surface area contributed by atoms with Crippen molar-refractivity contribution in [2.45, 2.75) is 20.8 Å². The van der Waals surface area contributed by atoms with Crippen LogP contribution in [0.3, 0.4) is 0 Å².